The van der Waals surface area contributed by atoms with Gasteiger partial charge in [0.2, 0.25) is 15.9 Å². The second kappa shape index (κ2) is 10.5. The summed E-state index contributed by atoms with van der Waals surface area (Å²) >= 11 is 1.69. The van der Waals surface area contributed by atoms with Crippen molar-refractivity contribution in [3.8, 4) is 5.75 Å². The maximum Gasteiger partial charge on any atom is 0.243 e. The molecular weight excluding hydrogens is 480 g/mol. The van der Waals surface area contributed by atoms with Crippen LogP contribution in [0.5, 0.6) is 5.75 Å². The molecule has 1 amide bonds. The van der Waals surface area contributed by atoms with E-state index in [-0.39, 0.29) is 29.9 Å². The minimum Gasteiger partial charge on any atom is -0.491 e. The predicted octanol–water partition coefficient (Wildman–Crippen LogP) is 4.89. The Morgan fingerprint density at radius 1 is 1.09 bits per heavy atom. The average molecular weight is 513 g/mol. The van der Waals surface area contributed by atoms with Gasteiger partial charge in [0.05, 0.1) is 17.5 Å². The van der Waals surface area contributed by atoms with Crippen molar-refractivity contribution >= 4 is 27.3 Å². The van der Waals surface area contributed by atoms with Crippen molar-refractivity contribution in [3.05, 3.63) is 81.0 Å². The molecular formula is C27H32N2O4S2. The number of hydrogen-bond acceptors (Lipinski definition) is 5. The van der Waals surface area contributed by atoms with E-state index >= 15 is 0 Å². The summed E-state index contributed by atoms with van der Waals surface area (Å²) in [5.74, 6) is 0.580. The molecule has 8 heteroatoms. The zero-order chi connectivity index (χ0) is 25.2. The predicted molar refractivity (Wildman–Crippen MR) is 139 cm³/mol. The molecule has 0 saturated heterocycles. The number of ether oxygens (including phenoxy) is 1. The van der Waals surface area contributed by atoms with E-state index in [2.05, 4.69) is 12.1 Å². The Labute approximate surface area is 212 Å². The Bertz CT molecular complexity index is 1300. The summed E-state index contributed by atoms with van der Waals surface area (Å²) in [5.41, 5.74) is 4.28. The van der Waals surface area contributed by atoms with Gasteiger partial charge in [-0.3, -0.25) is 4.79 Å². The molecule has 4 rings (SSSR count). The zero-order valence-corrected chi connectivity index (χ0v) is 22.3. The lowest BCUT2D eigenvalue weighted by Crippen LogP contribution is -2.47. The summed E-state index contributed by atoms with van der Waals surface area (Å²) in [5, 5.41) is 2.04. The summed E-state index contributed by atoms with van der Waals surface area (Å²) in [4.78, 5) is 16.8. The molecule has 0 N–H and O–H groups in total. The lowest BCUT2D eigenvalue weighted by molar-refractivity contribution is -0.135. The molecule has 0 saturated carbocycles. The Balaban J connectivity index is 1.55. The number of fused-ring (bicyclic) bond motifs is 1. The van der Waals surface area contributed by atoms with E-state index in [4.69, 9.17) is 4.74 Å². The lowest BCUT2D eigenvalue weighted by atomic mass is 10.0. The molecule has 1 unspecified atom stereocenters. The van der Waals surface area contributed by atoms with Gasteiger partial charge in [0.15, 0.2) is 0 Å². The van der Waals surface area contributed by atoms with Crippen LogP contribution >= 0.6 is 11.3 Å². The topological polar surface area (TPSA) is 66.9 Å². The first-order chi connectivity index (χ1) is 16.7. The minimum absolute atomic E-state index is 0.200. The number of rotatable bonds is 8. The van der Waals surface area contributed by atoms with E-state index in [0.717, 1.165) is 28.9 Å². The van der Waals surface area contributed by atoms with Gasteiger partial charge < -0.3 is 9.64 Å². The molecule has 35 heavy (non-hydrogen) atoms. The number of carbonyl (C=O) groups excluding carboxylic acids is 1. The van der Waals surface area contributed by atoms with E-state index in [0.29, 0.717) is 13.2 Å². The van der Waals surface area contributed by atoms with Gasteiger partial charge >= 0.3 is 0 Å². The van der Waals surface area contributed by atoms with Crippen LogP contribution in [0.2, 0.25) is 0 Å². The third kappa shape index (κ3) is 5.44. The highest BCUT2D eigenvalue weighted by molar-refractivity contribution is 7.89. The summed E-state index contributed by atoms with van der Waals surface area (Å²) in [6.45, 7) is 8.58. The fourth-order valence-electron chi connectivity index (χ4n) is 4.47. The number of amides is 1. The summed E-state index contributed by atoms with van der Waals surface area (Å²) in [7, 11) is -3.78. The normalized spacial score (nSPS) is 15.8. The second-order valence-corrected chi connectivity index (χ2v) is 11.9. The maximum absolute atomic E-state index is 13.5. The van der Waals surface area contributed by atoms with Crippen molar-refractivity contribution in [3.63, 3.8) is 0 Å². The van der Waals surface area contributed by atoms with E-state index in [1.165, 1.54) is 14.7 Å². The van der Waals surface area contributed by atoms with Crippen molar-refractivity contribution in [2.45, 2.75) is 45.1 Å². The second-order valence-electron chi connectivity index (χ2n) is 8.98. The smallest absolute Gasteiger partial charge is 0.243 e. The maximum atomic E-state index is 13.5. The zero-order valence-electron chi connectivity index (χ0n) is 20.7. The van der Waals surface area contributed by atoms with Crippen molar-refractivity contribution < 1.29 is 17.9 Å². The van der Waals surface area contributed by atoms with Crippen LogP contribution in [0.25, 0.3) is 0 Å². The fourth-order valence-corrected chi connectivity index (χ4v) is 6.80. The SMILES string of the molecule is CCN(CC(=O)N1CCc2sccc2C1COc1ccc(C)cc1C)S(=O)(=O)c1ccc(C)cc1. The molecule has 1 aliphatic rings. The largest absolute Gasteiger partial charge is 0.491 e. The van der Waals surface area contributed by atoms with Crippen molar-refractivity contribution in [2.24, 2.45) is 0 Å². The van der Waals surface area contributed by atoms with Crippen LogP contribution in [-0.4, -0.2) is 49.8 Å². The van der Waals surface area contributed by atoms with Crippen LogP contribution in [0.4, 0.5) is 0 Å². The van der Waals surface area contributed by atoms with Crippen LogP contribution in [0, 0.1) is 20.8 Å². The van der Waals surface area contributed by atoms with Gasteiger partial charge in [0, 0.05) is 18.0 Å². The van der Waals surface area contributed by atoms with Gasteiger partial charge in [-0.1, -0.05) is 42.3 Å². The molecule has 3 aromatic rings. The van der Waals surface area contributed by atoms with Crippen LogP contribution in [-0.2, 0) is 21.2 Å². The van der Waals surface area contributed by atoms with Crippen LogP contribution in [0.3, 0.4) is 0 Å². The molecule has 186 valence electrons. The number of benzene rings is 2. The molecule has 0 spiro atoms. The Hall–Kier alpha value is -2.68. The van der Waals surface area contributed by atoms with Gasteiger partial charge in [-0.15, -0.1) is 11.3 Å². The minimum atomic E-state index is -3.78. The Kier molecular flexibility index (Phi) is 7.64. The monoisotopic (exact) mass is 512 g/mol. The van der Waals surface area contributed by atoms with Crippen molar-refractivity contribution in [1.29, 1.82) is 0 Å². The van der Waals surface area contributed by atoms with E-state index in [1.54, 1.807) is 47.4 Å². The molecule has 0 aliphatic carbocycles. The number of hydrogen-bond donors (Lipinski definition) is 0. The molecule has 1 aromatic heterocycles. The standard InChI is InChI=1S/C27H32N2O4S2/c1-5-28(35(31,32)22-9-6-19(2)7-10-22)17-27(30)29-14-12-26-23(13-15-34-26)24(29)18-33-25-11-8-20(3)16-21(25)4/h6-11,13,15-16,24H,5,12,14,17-18H2,1-4H3. The quantitative estimate of drug-likeness (QED) is 0.431. The number of sulfonamides is 1. The van der Waals surface area contributed by atoms with Gasteiger partial charge in [0.25, 0.3) is 0 Å². The highest BCUT2D eigenvalue weighted by atomic mass is 32.2. The van der Waals surface area contributed by atoms with Gasteiger partial charge in [-0.05, 0) is 68.0 Å². The van der Waals surface area contributed by atoms with Gasteiger partial charge in [0.1, 0.15) is 12.4 Å². The first kappa shape index (κ1) is 25.4. The van der Waals surface area contributed by atoms with Crippen molar-refractivity contribution in [1.82, 2.24) is 9.21 Å². The number of aryl methyl sites for hydroxylation is 3. The third-order valence-corrected chi connectivity index (χ3v) is 9.40. The molecule has 0 bridgehead atoms. The van der Waals surface area contributed by atoms with E-state index in [9.17, 15) is 13.2 Å². The molecule has 6 nitrogen and oxygen atoms in total. The van der Waals surface area contributed by atoms with Crippen LogP contribution < -0.4 is 4.74 Å². The fraction of sp³-hybridized carbons (Fsp3) is 0.370. The number of thiophene rings is 1. The van der Waals surface area contributed by atoms with E-state index < -0.39 is 10.0 Å². The van der Waals surface area contributed by atoms with Gasteiger partial charge in [-0.2, -0.15) is 4.31 Å². The molecule has 0 radical (unpaired) electrons. The van der Waals surface area contributed by atoms with Crippen LogP contribution in [0.1, 0.15) is 40.1 Å². The Morgan fingerprint density at radius 3 is 2.49 bits per heavy atom. The Morgan fingerprint density at radius 2 is 1.80 bits per heavy atom. The molecule has 2 aromatic carbocycles. The molecule has 0 fully saturated rings. The molecule has 1 atom stereocenters. The molecule has 2 heterocycles. The highest BCUT2D eigenvalue weighted by Gasteiger charge is 2.35. The lowest BCUT2D eigenvalue weighted by Gasteiger charge is -2.37. The number of nitrogens with zero attached hydrogens (tertiary/aromatic N) is 2. The summed E-state index contributed by atoms with van der Waals surface area (Å²) in [6, 6.07) is 14.6. The van der Waals surface area contributed by atoms with Crippen molar-refractivity contribution in [2.75, 3.05) is 26.2 Å². The summed E-state index contributed by atoms with van der Waals surface area (Å²) < 4.78 is 33.9. The van der Waals surface area contributed by atoms with Crippen LogP contribution in [0.15, 0.2) is 58.8 Å². The van der Waals surface area contributed by atoms with E-state index in [1.807, 2.05) is 38.3 Å². The third-order valence-electron chi connectivity index (χ3n) is 6.47. The first-order valence-corrected chi connectivity index (χ1v) is 14.1. The first-order valence-electron chi connectivity index (χ1n) is 11.8. The number of carbonyl (C=O) groups is 1. The molecule has 1 aliphatic heterocycles. The number of likely N-dealkylation sites (N-methyl/N-ethyl adjacent to an activating group) is 1. The highest BCUT2D eigenvalue weighted by Crippen LogP contribution is 2.34. The van der Waals surface area contributed by atoms with Gasteiger partial charge in [-0.25, -0.2) is 8.42 Å². The summed E-state index contributed by atoms with van der Waals surface area (Å²) in [6.07, 6.45) is 0.760. The average Bonchev–Trinajstić information content (AvgIpc) is 3.31.